The third kappa shape index (κ3) is 4.61. The van der Waals surface area contributed by atoms with Gasteiger partial charge < -0.3 is 0 Å². The molecule has 1 rings (SSSR count). The maximum absolute atomic E-state index is 11.9. The summed E-state index contributed by atoms with van der Waals surface area (Å²) in [5, 5.41) is 0. The van der Waals surface area contributed by atoms with E-state index in [1.807, 2.05) is 6.92 Å². The molecule has 0 bridgehead atoms. The number of pyridine rings is 1. The van der Waals surface area contributed by atoms with Crippen LogP contribution in [0, 0.1) is 0 Å². The second-order valence-electron chi connectivity index (χ2n) is 3.64. The predicted molar refractivity (Wildman–Crippen MR) is 72.0 cm³/mol. The molecule has 1 N–H and O–H groups in total. The van der Waals surface area contributed by atoms with Gasteiger partial charge in [0.05, 0.1) is 0 Å². The number of rotatable bonds is 6. The van der Waals surface area contributed by atoms with Crippen molar-refractivity contribution in [3.05, 3.63) is 22.8 Å². The molecule has 96 valence electrons. The quantitative estimate of drug-likeness (QED) is 0.874. The first-order valence-electron chi connectivity index (χ1n) is 5.31. The normalized spacial score (nSPS) is 11.8. The summed E-state index contributed by atoms with van der Waals surface area (Å²) in [7, 11) is -1.95. The number of nitrogens with zero attached hydrogens (tertiary/aromatic N) is 2. The van der Waals surface area contributed by atoms with Crippen LogP contribution in [-0.2, 0) is 10.2 Å². The minimum absolute atomic E-state index is 0.308. The van der Waals surface area contributed by atoms with E-state index in [9.17, 15) is 8.42 Å². The van der Waals surface area contributed by atoms with Gasteiger partial charge in [-0.25, -0.2) is 4.98 Å². The Morgan fingerprint density at radius 2 is 2.24 bits per heavy atom. The fourth-order valence-corrected chi connectivity index (χ4v) is 2.41. The highest BCUT2D eigenvalue weighted by atomic mass is 79.9. The average molecular weight is 322 g/mol. The van der Waals surface area contributed by atoms with Gasteiger partial charge in [-0.2, -0.15) is 12.7 Å². The summed E-state index contributed by atoms with van der Waals surface area (Å²) in [5.74, 6) is 0.308. The molecular weight excluding hydrogens is 306 g/mol. The van der Waals surface area contributed by atoms with Crippen molar-refractivity contribution in [1.82, 2.24) is 9.29 Å². The van der Waals surface area contributed by atoms with Gasteiger partial charge >= 0.3 is 10.2 Å². The summed E-state index contributed by atoms with van der Waals surface area (Å²) in [4.78, 5) is 3.94. The van der Waals surface area contributed by atoms with Crippen LogP contribution in [0.5, 0.6) is 0 Å². The predicted octanol–water partition coefficient (Wildman–Crippen LogP) is 2.23. The highest BCUT2D eigenvalue weighted by Crippen LogP contribution is 2.14. The van der Waals surface area contributed by atoms with Gasteiger partial charge in [0.2, 0.25) is 0 Å². The number of hydrogen-bond acceptors (Lipinski definition) is 3. The molecule has 1 aromatic heterocycles. The zero-order valence-electron chi connectivity index (χ0n) is 9.85. The molecule has 5 nitrogen and oxygen atoms in total. The second-order valence-corrected chi connectivity index (χ2v) is 6.33. The van der Waals surface area contributed by atoms with Gasteiger partial charge in [-0.15, -0.1) is 0 Å². The van der Waals surface area contributed by atoms with Crippen LogP contribution in [0.1, 0.15) is 19.8 Å². The number of unbranched alkanes of at least 4 members (excludes halogenated alkanes) is 1. The van der Waals surface area contributed by atoms with E-state index in [1.54, 1.807) is 19.2 Å². The van der Waals surface area contributed by atoms with Crippen molar-refractivity contribution in [3.63, 3.8) is 0 Å². The number of nitrogens with one attached hydrogen (secondary N) is 1. The third-order valence-corrected chi connectivity index (χ3v) is 4.16. The van der Waals surface area contributed by atoms with Crippen LogP contribution < -0.4 is 4.72 Å². The molecule has 7 heteroatoms. The summed E-state index contributed by atoms with van der Waals surface area (Å²) in [6, 6.07) is 3.35. The molecule has 1 aromatic rings. The highest BCUT2D eigenvalue weighted by Gasteiger charge is 2.17. The Hall–Kier alpha value is -0.660. The summed E-state index contributed by atoms with van der Waals surface area (Å²) >= 11 is 3.26. The van der Waals surface area contributed by atoms with Crippen LogP contribution in [0.15, 0.2) is 22.8 Å². The zero-order valence-corrected chi connectivity index (χ0v) is 12.3. The van der Waals surface area contributed by atoms with Crippen molar-refractivity contribution in [3.8, 4) is 0 Å². The number of aromatic nitrogens is 1. The molecule has 0 spiro atoms. The smallest absolute Gasteiger partial charge is 0.254 e. The third-order valence-electron chi connectivity index (χ3n) is 2.19. The molecule has 0 aliphatic carbocycles. The maximum atomic E-state index is 11.9. The minimum atomic E-state index is -3.50. The van der Waals surface area contributed by atoms with Crippen LogP contribution >= 0.6 is 15.9 Å². The highest BCUT2D eigenvalue weighted by molar-refractivity contribution is 9.10. The molecule has 0 atom stereocenters. The van der Waals surface area contributed by atoms with E-state index in [1.165, 1.54) is 10.5 Å². The van der Waals surface area contributed by atoms with E-state index in [0.717, 1.165) is 17.3 Å². The number of anilines is 1. The molecule has 0 aliphatic rings. The molecule has 0 saturated heterocycles. The first kappa shape index (κ1) is 14.4. The molecule has 0 aromatic carbocycles. The molecule has 0 aliphatic heterocycles. The van der Waals surface area contributed by atoms with Gasteiger partial charge in [-0.05, 0) is 18.6 Å². The lowest BCUT2D eigenvalue weighted by molar-refractivity contribution is 0.463. The lowest BCUT2D eigenvalue weighted by Gasteiger charge is -2.17. The standard InChI is InChI=1S/C10H16BrN3O2S/c1-3-4-7-14(2)17(15,16)13-10-8-9(11)5-6-12-10/h5-6,8H,3-4,7H2,1-2H3,(H,12,13). The van der Waals surface area contributed by atoms with E-state index in [-0.39, 0.29) is 0 Å². The Kier molecular flexibility index (Phi) is 5.35. The second kappa shape index (κ2) is 6.32. The van der Waals surface area contributed by atoms with Gasteiger partial charge in [0.25, 0.3) is 0 Å². The SMILES string of the molecule is CCCCN(C)S(=O)(=O)Nc1cc(Br)ccn1. The summed E-state index contributed by atoms with van der Waals surface area (Å²) in [6.07, 6.45) is 3.33. The van der Waals surface area contributed by atoms with E-state index in [0.29, 0.717) is 12.4 Å². The monoisotopic (exact) mass is 321 g/mol. The Bertz CT molecular complexity index is 464. The van der Waals surface area contributed by atoms with E-state index in [2.05, 4.69) is 25.6 Å². The molecular formula is C10H16BrN3O2S. The van der Waals surface area contributed by atoms with Crippen molar-refractivity contribution in [1.29, 1.82) is 0 Å². The van der Waals surface area contributed by atoms with Crippen LogP contribution in [0.25, 0.3) is 0 Å². The van der Waals surface area contributed by atoms with Crippen LogP contribution in [0.2, 0.25) is 0 Å². The van der Waals surface area contributed by atoms with Gasteiger partial charge in [-0.1, -0.05) is 29.3 Å². The van der Waals surface area contributed by atoms with Crippen LogP contribution in [0.3, 0.4) is 0 Å². The van der Waals surface area contributed by atoms with Crippen molar-refractivity contribution in [2.45, 2.75) is 19.8 Å². The molecule has 17 heavy (non-hydrogen) atoms. The summed E-state index contributed by atoms with van der Waals surface area (Å²) in [5.41, 5.74) is 0. The molecule has 0 radical (unpaired) electrons. The number of halogens is 1. The molecule has 0 unspecified atom stereocenters. The summed E-state index contributed by atoms with van der Waals surface area (Å²) < 4.78 is 28.2. The molecule has 1 heterocycles. The first-order valence-corrected chi connectivity index (χ1v) is 7.54. The molecule has 0 saturated carbocycles. The van der Waals surface area contributed by atoms with Crippen LogP contribution in [-0.4, -0.2) is 31.3 Å². The lowest BCUT2D eigenvalue weighted by Crippen LogP contribution is -2.33. The zero-order chi connectivity index (χ0) is 12.9. The maximum Gasteiger partial charge on any atom is 0.302 e. The molecule has 0 fully saturated rings. The molecule has 0 amide bonds. The van der Waals surface area contributed by atoms with Crippen molar-refractivity contribution < 1.29 is 8.42 Å². The van der Waals surface area contributed by atoms with Gasteiger partial charge in [-0.3, -0.25) is 4.72 Å². The van der Waals surface area contributed by atoms with Gasteiger partial charge in [0.1, 0.15) is 5.82 Å². The van der Waals surface area contributed by atoms with E-state index < -0.39 is 10.2 Å². The van der Waals surface area contributed by atoms with Crippen molar-refractivity contribution >= 4 is 32.0 Å². The fourth-order valence-electron chi connectivity index (χ4n) is 1.17. The summed E-state index contributed by atoms with van der Waals surface area (Å²) in [6.45, 7) is 2.52. The Labute approximate surface area is 111 Å². The Balaban J connectivity index is 2.72. The lowest BCUT2D eigenvalue weighted by atomic mass is 10.3. The van der Waals surface area contributed by atoms with Crippen molar-refractivity contribution in [2.24, 2.45) is 0 Å². The van der Waals surface area contributed by atoms with Gasteiger partial charge in [0, 0.05) is 24.3 Å². The van der Waals surface area contributed by atoms with Gasteiger partial charge in [0.15, 0.2) is 0 Å². The topological polar surface area (TPSA) is 62.3 Å². The minimum Gasteiger partial charge on any atom is -0.254 e. The Morgan fingerprint density at radius 1 is 1.53 bits per heavy atom. The van der Waals surface area contributed by atoms with Crippen LogP contribution in [0.4, 0.5) is 5.82 Å². The average Bonchev–Trinajstić information content (AvgIpc) is 2.25. The van der Waals surface area contributed by atoms with E-state index in [4.69, 9.17) is 0 Å². The fraction of sp³-hybridized carbons (Fsp3) is 0.500. The van der Waals surface area contributed by atoms with E-state index >= 15 is 0 Å². The van der Waals surface area contributed by atoms with Crippen molar-refractivity contribution in [2.75, 3.05) is 18.3 Å². The largest absolute Gasteiger partial charge is 0.302 e. The Morgan fingerprint density at radius 3 is 2.82 bits per heavy atom. The first-order chi connectivity index (χ1) is 7.95. The number of hydrogen-bond donors (Lipinski definition) is 1.